The molecule has 0 saturated carbocycles. The highest BCUT2D eigenvalue weighted by molar-refractivity contribution is 7.45. The number of carbonyl (C=O) groups excluding carboxylic acids is 1. The third-order valence-corrected chi connectivity index (χ3v) is 14.4. The van der Waals surface area contributed by atoms with Crippen LogP contribution in [0.1, 0.15) is 271 Å². The van der Waals surface area contributed by atoms with Gasteiger partial charge in [-0.15, -0.1) is 0 Å². The molecule has 0 aliphatic carbocycles. The summed E-state index contributed by atoms with van der Waals surface area (Å²) in [6, 6.07) is -0.898. The second-order valence-corrected chi connectivity index (χ2v) is 23.1. The van der Waals surface area contributed by atoms with Crippen LogP contribution in [-0.2, 0) is 18.4 Å². The summed E-state index contributed by atoms with van der Waals surface area (Å²) in [5, 5.41) is 13.9. The number of unbranched alkanes of at least 4 members (excludes halogenated alkanes) is 32. The molecule has 0 saturated heterocycles. The van der Waals surface area contributed by atoms with E-state index in [9.17, 15) is 19.4 Å². The van der Waals surface area contributed by atoms with E-state index in [1.165, 1.54) is 167 Å². The molecule has 0 radical (unpaired) electrons. The number of likely N-dealkylation sites (N-methyl/N-ethyl adjacent to an activating group) is 1. The Hall–Kier alpha value is -2.06. The molecule has 0 aromatic rings. The highest BCUT2D eigenvalue weighted by Crippen LogP contribution is 2.38. The molecule has 0 heterocycles. The molecule has 0 aromatic heterocycles. The SMILES string of the molecule is CC/C=C\C/C=C\C/C=C\C/C=C\C/C=C\CCCCCCCCCC(=O)NC(COP(=O)([O-])OCC[N+](C)(C)C)C(O)/C=C/CCCCCCCCCCCCCCCCCCCCCCCCCCC. The number of carbonyl (C=O) groups is 1. The molecule has 0 aromatic carbocycles. The molecular weight excluding hydrogens is 912 g/mol. The minimum atomic E-state index is -4.61. The van der Waals surface area contributed by atoms with Crippen molar-refractivity contribution in [2.75, 3.05) is 40.9 Å². The summed E-state index contributed by atoms with van der Waals surface area (Å²) in [6.45, 7) is 4.55. The number of hydrogen-bond donors (Lipinski definition) is 2. The van der Waals surface area contributed by atoms with Crippen LogP contribution < -0.4 is 10.2 Å². The van der Waals surface area contributed by atoms with Crippen molar-refractivity contribution in [2.24, 2.45) is 0 Å². The van der Waals surface area contributed by atoms with Gasteiger partial charge in [0, 0.05) is 6.42 Å². The predicted octanol–water partition coefficient (Wildman–Crippen LogP) is 18.0. The fourth-order valence-electron chi connectivity index (χ4n) is 8.71. The lowest BCUT2D eigenvalue weighted by atomic mass is 10.0. The first-order chi connectivity index (χ1) is 35.0. The summed E-state index contributed by atoms with van der Waals surface area (Å²) in [5.41, 5.74) is 0. The van der Waals surface area contributed by atoms with Gasteiger partial charge in [-0.3, -0.25) is 9.36 Å². The lowest BCUT2D eigenvalue weighted by Crippen LogP contribution is -2.45. The molecule has 420 valence electrons. The maximum Gasteiger partial charge on any atom is 0.268 e. The maximum absolute atomic E-state index is 13.0. The van der Waals surface area contributed by atoms with E-state index in [1.807, 2.05) is 27.2 Å². The standard InChI is InChI=1S/C63H117N2O6P/c1-6-8-10-12-14-16-18-20-22-24-26-28-30-31-32-33-35-36-38-40-42-44-46-48-50-52-54-56-62(66)61(60-71-72(68,69)70-59-58-65(3,4)5)64-63(67)57-55-53-51-49-47-45-43-41-39-37-34-29-27-25-23-21-19-17-15-13-11-9-7-2/h9,11,15,17,21,23,27,29,37,39,54,56,61-62,66H,6-8,10,12-14,16,18-20,22,24-26,28,30-36,38,40-53,55,57-60H2,1-5H3,(H-,64,67,68,69)/b11-9-,17-15-,23-21-,29-27-,39-37-,56-54+. The Morgan fingerprint density at radius 3 is 1.24 bits per heavy atom. The second-order valence-electron chi connectivity index (χ2n) is 21.7. The van der Waals surface area contributed by atoms with Crippen molar-refractivity contribution in [3.63, 3.8) is 0 Å². The zero-order chi connectivity index (χ0) is 52.7. The lowest BCUT2D eigenvalue weighted by Gasteiger charge is -2.29. The number of aliphatic hydroxyl groups excluding tert-OH is 1. The molecule has 8 nitrogen and oxygen atoms in total. The van der Waals surface area contributed by atoms with E-state index in [-0.39, 0.29) is 19.1 Å². The lowest BCUT2D eigenvalue weighted by molar-refractivity contribution is -0.870. The summed E-state index contributed by atoms with van der Waals surface area (Å²) in [5.74, 6) is -0.208. The van der Waals surface area contributed by atoms with Crippen LogP contribution in [-0.4, -0.2) is 68.5 Å². The van der Waals surface area contributed by atoms with Gasteiger partial charge in [0.15, 0.2) is 0 Å². The Balaban J connectivity index is 4.21. The van der Waals surface area contributed by atoms with Gasteiger partial charge in [0.25, 0.3) is 7.82 Å². The second kappa shape index (κ2) is 53.8. The molecule has 0 spiro atoms. The highest BCUT2D eigenvalue weighted by atomic mass is 31.2. The Kier molecular flexibility index (Phi) is 52.2. The van der Waals surface area contributed by atoms with Gasteiger partial charge >= 0.3 is 0 Å². The Morgan fingerprint density at radius 1 is 0.500 bits per heavy atom. The van der Waals surface area contributed by atoms with Gasteiger partial charge in [0.05, 0.1) is 39.9 Å². The zero-order valence-electron chi connectivity index (χ0n) is 47.9. The summed E-state index contributed by atoms with van der Waals surface area (Å²) < 4.78 is 23.4. The van der Waals surface area contributed by atoms with Gasteiger partial charge in [-0.1, -0.05) is 273 Å². The molecule has 3 unspecified atom stereocenters. The average molecular weight is 1030 g/mol. The predicted molar refractivity (Wildman–Crippen MR) is 311 cm³/mol. The van der Waals surface area contributed by atoms with Crippen LogP contribution in [0.5, 0.6) is 0 Å². The molecule has 3 atom stereocenters. The monoisotopic (exact) mass is 1030 g/mol. The molecule has 0 bridgehead atoms. The highest BCUT2D eigenvalue weighted by Gasteiger charge is 2.23. The number of nitrogens with one attached hydrogen (secondary N) is 1. The fourth-order valence-corrected chi connectivity index (χ4v) is 9.43. The van der Waals surface area contributed by atoms with E-state index in [4.69, 9.17) is 9.05 Å². The van der Waals surface area contributed by atoms with Crippen LogP contribution in [0.25, 0.3) is 0 Å². The van der Waals surface area contributed by atoms with Crippen LogP contribution in [0.15, 0.2) is 72.9 Å². The van der Waals surface area contributed by atoms with Crippen LogP contribution in [0.4, 0.5) is 0 Å². The van der Waals surface area contributed by atoms with Gasteiger partial charge in [-0.05, 0) is 64.2 Å². The third kappa shape index (κ3) is 55.7. The van der Waals surface area contributed by atoms with Crippen molar-refractivity contribution < 1.29 is 32.9 Å². The summed E-state index contributed by atoms with van der Waals surface area (Å²) in [4.78, 5) is 25.5. The van der Waals surface area contributed by atoms with Crippen LogP contribution in [0, 0.1) is 0 Å². The third-order valence-electron chi connectivity index (χ3n) is 13.4. The van der Waals surface area contributed by atoms with Crippen molar-refractivity contribution in [1.29, 1.82) is 0 Å². The van der Waals surface area contributed by atoms with Gasteiger partial charge in [-0.25, -0.2) is 0 Å². The van der Waals surface area contributed by atoms with E-state index in [0.717, 1.165) is 83.5 Å². The molecule has 1 amide bonds. The molecular formula is C63H117N2O6P. The molecule has 0 aliphatic rings. The number of nitrogens with zero attached hydrogens (tertiary/aromatic N) is 1. The Bertz CT molecular complexity index is 1400. The largest absolute Gasteiger partial charge is 0.756 e. The van der Waals surface area contributed by atoms with E-state index in [2.05, 4.69) is 79.9 Å². The van der Waals surface area contributed by atoms with E-state index in [0.29, 0.717) is 17.4 Å². The van der Waals surface area contributed by atoms with E-state index in [1.54, 1.807) is 6.08 Å². The van der Waals surface area contributed by atoms with Crippen LogP contribution >= 0.6 is 7.82 Å². The fraction of sp³-hybridized carbons (Fsp3) is 0.794. The first-order valence-electron chi connectivity index (χ1n) is 30.3. The Labute approximate surface area is 446 Å². The first kappa shape index (κ1) is 69.9. The molecule has 0 fully saturated rings. The molecule has 0 aliphatic heterocycles. The van der Waals surface area contributed by atoms with Crippen LogP contribution in [0.3, 0.4) is 0 Å². The molecule has 9 heteroatoms. The van der Waals surface area contributed by atoms with Gasteiger partial charge < -0.3 is 28.8 Å². The minimum absolute atomic E-state index is 0.00628. The summed E-state index contributed by atoms with van der Waals surface area (Å²) >= 11 is 0. The number of allylic oxidation sites excluding steroid dienone is 11. The van der Waals surface area contributed by atoms with Gasteiger partial charge in [-0.2, -0.15) is 0 Å². The van der Waals surface area contributed by atoms with Gasteiger partial charge in [0.1, 0.15) is 13.2 Å². The van der Waals surface area contributed by atoms with Gasteiger partial charge in [0.2, 0.25) is 5.91 Å². The quantitative estimate of drug-likeness (QED) is 0.0272. The Morgan fingerprint density at radius 2 is 0.847 bits per heavy atom. The number of rotatable bonds is 55. The van der Waals surface area contributed by atoms with Crippen molar-refractivity contribution in [3.05, 3.63) is 72.9 Å². The van der Waals surface area contributed by atoms with Crippen molar-refractivity contribution in [3.8, 4) is 0 Å². The number of quaternary nitrogens is 1. The van der Waals surface area contributed by atoms with Crippen LogP contribution in [0.2, 0.25) is 0 Å². The normalized spacial score (nSPS) is 14.4. The van der Waals surface area contributed by atoms with Crippen molar-refractivity contribution in [2.45, 2.75) is 283 Å². The van der Waals surface area contributed by atoms with E-state index >= 15 is 0 Å². The summed E-state index contributed by atoms with van der Waals surface area (Å²) in [6.07, 6.45) is 74.1. The summed E-state index contributed by atoms with van der Waals surface area (Å²) in [7, 11) is 1.25. The maximum atomic E-state index is 13.0. The number of phosphoric acid groups is 1. The number of hydrogen-bond acceptors (Lipinski definition) is 6. The number of amides is 1. The molecule has 2 N–H and O–H groups in total. The molecule has 0 rings (SSSR count). The van der Waals surface area contributed by atoms with E-state index < -0.39 is 20.0 Å². The number of phosphoric ester groups is 1. The minimum Gasteiger partial charge on any atom is -0.756 e. The smallest absolute Gasteiger partial charge is 0.268 e. The zero-order valence-corrected chi connectivity index (χ0v) is 48.8. The van der Waals surface area contributed by atoms with Crippen molar-refractivity contribution in [1.82, 2.24) is 5.32 Å². The average Bonchev–Trinajstić information content (AvgIpc) is 3.34. The topological polar surface area (TPSA) is 108 Å². The number of aliphatic hydroxyl groups is 1. The van der Waals surface area contributed by atoms with Crippen molar-refractivity contribution >= 4 is 13.7 Å². The first-order valence-corrected chi connectivity index (χ1v) is 31.8. The molecule has 72 heavy (non-hydrogen) atoms.